The second-order valence-electron chi connectivity index (χ2n) is 5.93. The summed E-state index contributed by atoms with van der Waals surface area (Å²) in [4.78, 5) is 4.30. The van der Waals surface area contributed by atoms with E-state index in [1.807, 2.05) is 4.68 Å². The number of nitrogens with two attached hydrogens (primary N) is 1. The minimum Gasteiger partial charge on any atom is -0.366 e. The molecule has 0 bridgehead atoms. The third-order valence-corrected chi connectivity index (χ3v) is 4.60. The summed E-state index contributed by atoms with van der Waals surface area (Å²) in [5.41, 5.74) is 5.85. The van der Waals surface area contributed by atoms with Crippen LogP contribution in [-0.4, -0.2) is 26.9 Å². The zero-order valence-electron chi connectivity index (χ0n) is 12.8. The maximum absolute atomic E-state index is 6.20. The number of rotatable bonds is 7. The van der Waals surface area contributed by atoms with Gasteiger partial charge in [-0.25, -0.2) is 9.67 Å². The zero-order valence-corrected chi connectivity index (χ0v) is 12.8. The van der Waals surface area contributed by atoms with Crippen LogP contribution in [0.5, 0.6) is 0 Å². The second-order valence-corrected chi connectivity index (χ2v) is 5.93. The maximum Gasteiger partial charge on any atom is 0.152 e. The summed E-state index contributed by atoms with van der Waals surface area (Å²) in [6.07, 6.45) is 8.54. The summed E-state index contributed by atoms with van der Waals surface area (Å²) >= 11 is 0. The highest BCUT2D eigenvalue weighted by Gasteiger charge is 2.34. The van der Waals surface area contributed by atoms with E-state index in [4.69, 9.17) is 10.5 Å². The first kappa shape index (κ1) is 15.4. The lowest BCUT2D eigenvalue weighted by atomic mass is 9.77. The average molecular weight is 280 g/mol. The summed E-state index contributed by atoms with van der Waals surface area (Å²) in [5, 5.41) is 4.24. The van der Waals surface area contributed by atoms with Gasteiger partial charge in [0.2, 0.25) is 0 Å². The smallest absolute Gasteiger partial charge is 0.152 e. The lowest BCUT2D eigenvalue weighted by Crippen LogP contribution is -2.44. The van der Waals surface area contributed by atoms with Gasteiger partial charge in [0.05, 0.1) is 5.60 Å². The van der Waals surface area contributed by atoms with E-state index in [1.165, 1.54) is 19.3 Å². The molecule has 1 fully saturated rings. The van der Waals surface area contributed by atoms with Crippen molar-refractivity contribution in [1.29, 1.82) is 0 Å². The molecule has 0 spiro atoms. The first-order valence-electron chi connectivity index (χ1n) is 7.93. The van der Waals surface area contributed by atoms with Crippen molar-refractivity contribution in [1.82, 2.24) is 14.8 Å². The zero-order chi connectivity index (χ0) is 14.4. The Hall–Kier alpha value is -0.940. The highest BCUT2D eigenvalue weighted by atomic mass is 16.5. The van der Waals surface area contributed by atoms with Gasteiger partial charge in [0, 0.05) is 13.1 Å². The highest BCUT2D eigenvalue weighted by Crippen LogP contribution is 2.36. The molecule has 0 atom stereocenters. The molecule has 1 aromatic heterocycles. The molecule has 0 unspecified atom stereocenters. The van der Waals surface area contributed by atoms with Crippen molar-refractivity contribution in [3.8, 4) is 0 Å². The SMILES string of the molecule is CCCn1ncnc1COC1(CN)CCC(CC)CC1. The molecule has 2 rings (SSSR count). The van der Waals surface area contributed by atoms with Crippen LogP contribution in [0, 0.1) is 5.92 Å². The van der Waals surface area contributed by atoms with Crippen LogP contribution in [0.3, 0.4) is 0 Å². The fourth-order valence-electron chi connectivity index (χ4n) is 3.04. The van der Waals surface area contributed by atoms with Crippen LogP contribution in [-0.2, 0) is 17.9 Å². The van der Waals surface area contributed by atoms with E-state index < -0.39 is 0 Å². The molecule has 0 amide bonds. The number of ether oxygens (including phenoxy) is 1. The quantitative estimate of drug-likeness (QED) is 0.833. The van der Waals surface area contributed by atoms with Gasteiger partial charge >= 0.3 is 0 Å². The van der Waals surface area contributed by atoms with Crippen LogP contribution < -0.4 is 5.73 Å². The topological polar surface area (TPSA) is 66.0 Å². The Labute approximate surface area is 121 Å². The molecule has 1 heterocycles. The summed E-state index contributed by atoms with van der Waals surface area (Å²) in [7, 11) is 0. The number of hydrogen-bond acceptors (Lipinski definition) is 4. The predicted octanol–water partition coefficient (Wildman–Crippen LogP) is 2.50. The number of aryl methyl sites for hydroxylation is 1. The lowest BCUT2D eigenvalue weighted by Gasteiger charge is -2.39. The fraction of sp³-hybridized carbons (Fsp3) is 0.867. The Balaban J connectivity index is 1.92. The van der Waals surface area contributed by atoms with E-state index >= 15 is 0 Å². The minimum absolute atomic E-state index is 0.144. The molecule has 1 aliphatic rings. The Kier molecular flexibility index (Phi) is 5.54. The Morgan fingerprint density at radius 3 is 2.75 bits per heavy atom. The Morgan fingerprint density at radius 1 is 1.40 bits per heavy atom. The predicted molar refractivity (Wildman–Crippen MR) is 79.1 cm³/mol. The van der Waals surface area contributed by atoms with Crippen LogP contribution in [0.1, 0.15) is 58.2 Å². The maximum atomic E-state index is 6.20. The number of nitrogens with zero attached hydrogens (tertiary/aromatic N) is 3. The second kappa shape index (κ2) is 7.18. The first-order chi connectivity index (χ1) is 9.73. The Bertz CT molecular complexity index is 396. The van der Waals surface area contributed by atoms with Crippen LogP contribution in [0.25, 0.3) is 0 Å². The van der Waals surface area contributed by atoms with Gasteiger partial charge in [-0.15, -0.1) is 0 Å². The molecule has 0 radical (unpaired) electrons. The summed E-state index contributed by atoms with van der Waals surface area (Å²) < 4.78 is 8.13. The molecule has 5 heteroatoms. The van der Waals surface area contributed by atoms with E-state index in [2.05, 4.69) is 23.9 Å². The highest BCUT2D eigenvalue weighted by molar-refractivity contribution is 4.90. The third kappa shape index (κ3) is 3.58. The molecular formula is C15H28N4O. The molecule has 0 saturated heterocycles. The number of aromatic nitrogens is 3. The van der Waals surface area contributed by atoms with Gasteiger partial charge in [0.1, 0.15) is 12.9 Å². The van der Waals surface area contributed by atoms with Crippen molar-refractivity contribution in [2.45, 2.75) is 71.1 Å². The molecule has 2 N–H and O–H groups in total. The van der Waals surface area contributed by atoms with Gasteiger partial charge in [0.25, 0.3) is 0 Å². The standard InChI is InChI=1S/C15H28N4O/c1-3-9-19-14(17-12-18-19)10-20-15(11-16)7-5-13(4-2)6-8-15/h12-13H,3-11,16H2,1-2H3. The molecule has 0 aromatic carbocycles. The molecule has 1 aliphatic carbocycles. The van der Waals surface area contributed by atoms with Crippen LogP contribution in [0.15, 0.2) is 6.33 Å². The summed E-state index contributed by atoms with van der Waals surface area (Å²) in [6, 6.07) is 0. The van der Waals surface area contributed by atoms with Crippen LogP contribution >= 0.6 is 0 Å². The van der Waals surface area contributed by atoms with E-state index in [0.717, 1.165) is 37.5 Å². The third-order valence-electron chi connectivity index (χ3n) is 4.60. The fourth-order valence-corrected chi connectivity index (χ4v) is 3.04. The van der Waals surface area contributed by atoms with Crippen molar-refractivity contribution >= 4 is 0 Å². The average Bonchev–Trinajstić information content (AvgIpc) is 2.93. The van der Waals surface area contributed by atoms with Gasteiger partial charge < -0.3 is 10.5 Å². The van der Waals surface area contributed by atoms with Crippen molar-refractivity contribution in [3.05, 3.63) is 12.2 Å². The van der Waals surface area contributed by atoms with Gasteiger partial charge in [0.15, 0.2) is 5.82 Å². The Morgan fingerprint density at radius 2 is 2.15 bits per heavy atom. The van der Waals surface area contributed by atoms with E-state index in [9.17, 15) is 0 Å². The normalized spacial score (nSPS) is 26.9. The van der Waals surface area contributed by atoms with E-state index in [-0.39, 0.29) is 5.60 Å². The van der Waals surface area contributed by atoms with Crippen LogP contribution in [0.4, 0.5) is 0 Å². The molecular weight excluding hydrogens is 252 g/mol. The minimum atomic E-state index is -0.144. The van der Waals surface area contributed by atoms with Gasteiger partial charge in [-0.05, 0) is 38.0 Å². The molecule has 0 aliphatic heterocycles. The van der Waals surface area contributed by atoms with Gasteiger partial charge in [-0.1, -0.05) is 20.3 Å². The summed E-state index contributed by atoms with van der Waals surface area (Å²) in [5.74, 6) is 1.76. The lowest BCUT2D eigenvalue weighted by molar-refractivity contribution is -0.0843. The largest absolute Gasteiger partial charge is 0.366 e. The van der Waals surface area contributed by atoms with Crippen molar-refractivity contribution in [2.75, 3.05) is 6.54 Å². The monoisotopic (exact) mass is 280 g/mol. The van der Waals surface area contributed by atoms with Crippen LogP contribution in [0.2, 0.25) is 0 Å². The molecule has 114 valence electrons. The molecule has 1 aromatic rings. The van der Waals surface area contributed by atoms with E-state index in [1.54, 1.807) is 6.33 Å². The molecule has 1 saturated carbocycles. The summed E-state index contributed by atoms with van der Waals surface area (Å²) in [6.45, 7) is 6.43. The molecule has 5 nitrogen and oxygen atoms in total. The number of hydrogen-bond donors (Lipinski definition) is 1. The van der Waals surface area contributed by atoms with Crippen molar-refractivity contribution < 1.29 is 4.74 Å². The first-order valence-corrected chi connectivity index (χ1v) is 7.93. The van der Waals surface area contributed by atoms with Crippen molar-refractivity contribution in [2.24, 2.45) is 11.7 Å². The molecule has 20 heavy (non-hydrogen) atoms. The van der Waals surface area contributed by atoms with Gasteiger partial charge in [-0.2, -0.15) is 5.10 Å². The van der Waals surface area contributed by atoms with Gasteiger partial charge in [-0.3, -0.25) is 0 Å². The van der Waals surface area contributed by atoms with E-state index in [0.29, 0.717) is 13.2 Å². The van der Waals surface area contributed by atoms with Crippen molar-refractivity contribution in [3.63, 3.8) is 0 Å².